The first-order valence-corrected chi connectivity index (χ1v) is 20.9. The highest BCUT2D eigenvalue weighted by Crippen LogP contribution is 2.51. The molecule has 3 aromatic carbocycles. The van der Waals surface area contributed by atoms with Crippen LogP contribution in [0.2, 0.25) is 0 Å². The molecule has 1 saturated heterocycles. The predicted octanol–water partition coefficient (Wildman–Crippen LogP) is 6.47. The van der Waals surface area contributed by atoms with Crippen molar-refractivity contribution in [1.29, 1.82) is 0 Å². The van der Waals surface area contributed by atoms with E-state index in [1.807, 2.05) is 6.07 Å². The van der Waals surface area contributed by atoms with Crippen LogP contribution in [0.3, 0.4) is 0 Å². The average molecular weight is 839 g/mol. The van der Waals surface area contributed by atoms with E-state index in [0.717, 1.165) is 36.6 Å². The molecular weight excluding hydrogens is 795 g/mol. The Hall–Kier alpha value is -6.75. The molecule has 2 fully saturated rings. The third-order valence-corrected chi connectivity index (χ3v) is 13.2. The van der Waals surface area contributed by atoms with Crippen molar-refractivity contribution in [2.75, 3.05) is 13.2 Å². The zero-order valence-corrected chi connectivity index (χ0v) is 35.0. The number of aryl methyl sites for hydroxylation is 3. The molecule has 7 heterocycles. The van der Waals surface area contributed by atoms with Crippen LogP contribution in [0.1, 0.15) is 89.7 Å². The Morgan fingerprint density at radius 3 is 2.48 bits per heavy atom. The fourth-order valence-electron chi connectivity index (χ4n) is 9.90. The molecule has 15 nitrogen and oxygen atoms in total. The number of H-pyrrole nitrogens is 1. The van der Waals surface area contributed by atoms with E-state index in [2.05, 4.69) is 62.3 Å². The molecule has 1 atom stereocenters. The summed E-state index contributed by atoms with van der Waals surface area (Å²) in [5, 5.41) is 25.7. The van der Waals surface area contributed by atoms with Crippen LogP contribution in [0, 0.1) is 25.5 Å². The first-order chi connectivity index (χ1) is 29.8. The topological polar surface area (TPSA) is 152 Å². The second-order valence-corrected chi connectivity index (χ2v) is 17.7. The lowest BCUT2D eigenvalue weighted by Crippen LogP contribution is -2.38. The van der Waals surface area contributed by atoms with Gasteiger partial charge in [-0.05, 0) is 118 Å². The minimum atomic E-state index is -0.651. The van der Waals surface area contributed by atoms with Gasteiger partial charge in [0, 0.05) is 55.5 Å². The van der Waals surface area contributed by atoms with Crippen molar-refractivity contribution in [1.82, 2.24) is 58.8 Å². The summed E-state index contributed by atoms with van der Waals surface area (Å²) in [4.78, 5) is 31.5. The van der Waals surface area contributed by atoms with E-state index in [4.69, 9.17) is 9.84 Å². The molecule has 0 unspecified atom stereocenters. The molecule has 1 amide bonds. The van der Waals surface area contributed by atoms with Crippen molar-refractivity contribution in [3.8, 4) is 17.2 Å². The van der Waals surface area contributed by atoms with E-state index >= 15 is 13.6 Å². The fraction of sp³-hybridized carbons (Fsp3) is 0.356. The van der Waals surface area contributed by atoms with Crippen molar-refractivity contribution in [2.45, 2.75) is 83.4 Å². The van der Waals surface area contributed by atoms with Gasteiger partial charge >= 0.3 is 5.69 Å². The van der Waals surface area contributed by atoms with Crippen LogP contribution in [0.15, 0.2) is 71.9 Å². The third-order valence-electron chi connectivity index (χ3n) is 13.2. The summed E-state index contributed by atoms with van der Waals surface area (Å²) in [7, 11) is 1.73. The summed E-state index contributed by atoms with van der Waals surface area (Å²) in [5.41, 5.74) is 4.56. The molecule has 0 bridgehead atoms. The van der Waals surface area contributed by atoms with Crippen LogP contribution >= 0.6 is 0 Å². The SMILES string of the molecule is Cc1cc(-n2nc3c(c2-n2ccn(-c4ccc5c(cnn5C)c4F)c2=O)CN(C(=O)c2cc4cc([C@H]5CCOC(C)(C)C5)ccc4n2C2(c4nn[nH]n4)CC2)CC3)cc(C)c1F. The lowest BCUT2D eigenvalue weighted by Gasteiger charge is -2.35. The number of amides is 1. The standard InChI is InChI=1S/C45H44F2N12O3/c1-25-18-30(19-26(2)38(25)46)59-40(57-16-15-56(43(57)61)36-9-8-35-31(39(36)47)23-48-54(35)5)32-24-55(14-10-33(32)51-59)41(60)37-21-29-20-27(28-11-17-62-44(3,4)22-28)6-7-34(29)58(37)45(12-13-45)42-49-52-53-50-42/h6-9,15-16,18-21,23,28H,10-14,17,22,24H2,1-5H3,(H,49,50,52,53)/t28-/m0/s1. The molecule has 0 radical (unpaired) electrons. The van der Waals surface area contributed by atoms with E-state index < -0.39 is 17.0 Å². The lowest BCUT2D eigenvalue weighted by atomic mass is 9.83. The number of hydrogen-bond acceptors (Lipinski definition) is 8. The van der Waals surface area contributed by atoms with E-state index in [-0.39, 0.29) is 34.9 Å². The number of nitrogens with zero attached hydrogens (tertiary/aromatic N) is 11. The van der Waals surface area contributed by atoms with Crippen molar-refractivity contribution in [3.63, 3.8) is 0 Å². The minimum absolute atomic E-state index is 0.0617. The Labute approximate surface area is 353 Å². The Bertz CT molecular complexity index is 3160. The van der Waals surface area contributed by atoms with Crippen LogP contribution < -0.4 is 5.69 Å². The quantitative estimate of drug-likeness (QED) is 0.192. The maximum Gasteiger partial charge on any atom is 0.338 e. The third kappa shape index (κ3) is 5.81. The van der Waals surface area contributed by atoms with E-state index in [1.165, 1.54) is 27.1 Å². The number of aromatic nitrogens is 11. The fourth-order valence-corrected chi connectivity index (χ4v) is 9.90. The van der Waals surface area contributed by atoms with Gasteiger partial charge < -0.3 is 14.2 Å². The highest BCUT2D eigenvalue weighted by molar-refractivity contribution is 5.99. The second kappa shape index (κ2) is 13.6. The number of fused-ring (bicyclic) bond motifs is 3. The van der Waals surface area contributed by atoms with Crippen LogP contribution in [-0.2, 0) is 30.3 Å². The van der Waals surface area contributed by atoms with Crippen molar-refractivity contribution in [3.05, 3.63) is 129 Å². The summed E-state index contributed by atoms with van der Waals surface area (Å²) in [6.45, 7) is 8.78. The summed E-state index contributed by atoms with van der Waals surface area (Å²) >= 11 is 0. The summed E-state index contributed by atoms with van der Waals surface area (Å²) in [5.74, 6) is 0.110. The number of carbonyl (C=O) groups is 1. The number of aromatic amines is 1. The number of tetrazole rings is 1. The van der Waals surface area contributed by atoms with Crippen LogP contribution in [0.4, 0.5) is 8.78 Å². The van der Waals surface area contributed by atoms with Gasteiger partial charge in [0.1, 0.15) is 22.9 Å². The van der Waals surface area contributed by atoms with E-state index in [0.29, 0.717) is 76.4 Å². The number of ether oxygens (including phenoxy) is 1. The second-order valence-electron chi connectivity index (χ2n) is 17.7. The van der Waals surface area contributed by atoms with Gasteiger partial charge in [0.05, 0.1) is 46.3 Å². The van der Waals surface area contributed by atoms with Gasteiger partial charge in [0.2, 0.25) is 0 Å². The monoisotopic (exact) mass is 838 g/mol. The summed E-state index contributed by atoms with van der Waals surface area (Å²) in [6.07, 6.45) is 8.19. The van der Waals surface area contributed by atoms with Crippen LogP contribution in [-0.4, -0.2) is 83.4 Å². The molecule has 8 aromatic rings. The van der Waals surface area contributed by atoms with E-state index in [1.54, 1.807) is 65.6 Å². The molecule has 316 valence electrons. The van der Waals surface area contributed by atoms with Gasteiger partial charge in [0.25, 0.3) is 5.91 Å². The Kier molecular flexibility index (Phi) is 8.39. The molecule has 5 aromatic heterocycles. The largest absolute Gasteiger partial charge is 0.376 e. The maximum absolute atomic E-state index is 16.0. The van der Waals surface area contributed by atoms with Crippen molar-refractivity contribution >= 4 is 27.7 Å². The van der Waals surface area contributed by atoms with Gasteiger partial charge in [-0.3, -0.25) is 18.6 Å². The number of benzene rings is 3. The number of imidazole rings is 1. The zero-order chi connectivity index (χ0) is 42.8. The Balaban J connectivity index is 1.03. The zero-order valence-electron chi connectivity index (χ0n) is 35.0. The number of hydrogen-bond donors (Lipinski definition) is 1. The molecule has 62 heavy (non-hydrogen) atoms. The normalized spacial score (nSPS) is 18.2. The average Bonchev–Trinajstić information content (AvgIpc) is 3.80. The number of carbonyl (C=O) groups excluding carboxylic acids is 1. The molecule has 1 saturated carbocycles. The lowest BCUT2D eigenvalue weighted by molar-refractivity contribution is -0.0592. The molecule has 3 aliphatic rings. The van der Waals surface area contributed by atoms with Crippen LogP contribution in [0.25, 0.3) is 39.0 Å². The van der Waals surface area contributed by atoms with Crippen molar-refractivity contribution < 1.29 is 18.3 Å². The Morgan fingerprint density at radius 1 is 0.968 bits per heavy atom. The molecule has 2 aliphatic heterocycles. The molecule has 11 rings (SSSR count). The van der Waals surface area contributed by atoms with Gasteiger partial charge in [-0.15, -0.1) is 10.2 Å². The van der Waals surface area contributed by atoms with Gasteiger partial charge in [-0.2, -0.15) is 15.4 Å². The first-order valence-electron chi connectivity index (χ1n) is 20.9. The maximum atomic E-state index is 16.0. The smallest absolute Gasteiger partial charge is 0.338 e. The minimum Gasteiger partial charge on any atom is -0.376 e. The highest BCUT2D eigenvalue weighted by atomic mass is 19.1. The Morgan fingerprint density at radius 2 is 1.74 bits per heavy atom. The van der Waals surface area contributed by atoms with Crippen molar-refractivity contribution in [2.24, 2.45) is 7.05 Å². The molecule has 1 N–H and O–H groups in total. The molecular formula is C45H44F2N12O3. The first kappa shape index (κ1) is 38.2. The number of nitrogens with one attached hydrogen (secondary N) is 1. The van der Waals surface area contributed by atoms with Gasteiger partial charge in [-0.25, -0.2) is 18.3 Å². The summed E-state index contributed by atoms with van der Waals surface area (Å²) < 4.78 is 45.1. The van der Waals surface area contributed by atoms with Gasteiger partial charge in [-0.1, -0.05) is 11.3 Å². The predicted molar refractivity (Wildman–Crippen MR) is 225 cm³/mol. The number of halogens is 2. The molecule has 0 spiro atoms. The van der Waals surface area contributed by atoms with Crippen LogP contribution in [0.5, 0.6) is 0 Å². The molecule has 1 aliphatic carbocycles. The number of rotatable bonds is 7. The summed E-state index contributed by atoms with van der Waals surface area (Å²) in [6, 6.07) is 15.1. The van der Waals surface area contributed by atoms with E-state index in [9.17, 15) is 4.79 Å². The molecule has 17 heteroatoms. The van der Waals surface area contributed by atoms with Gasteiger partial charge in [0.15, 0.2) is 11.6 Å². The highest BCUT2D eigenvalue weighted by Gasteiger charge is 2.52.